The number of esters is 1. The molecule has 0 spiro atoms. The van der Waals surface area contributed by atoms with Crippen molar-refractivity contribution in [3.8, 4) is 0 Å². The maximum absolute atomic E-state index is 12.7. The van der Waals surface area contributed by atoms with Crippen molar-refractivity contribution in [3.05, 3.63) is 70.8 Å². The van der Waals surface area contributed by atoms with Crippen LogP contribution in [-0.4, -0.2) is 42.2 Å². The molecule has 2 aromatic carbocycles. The van der Waals surface area contributed by atoms with Crippen LogP contribution in [0.3, 0.4) is 0 Å². The average Bonchev–Trinajstić information content (AvgIpc) is 2.94. The maximum Gasteiger partial charge on any atom is 0.416 e. The van der Waals surface area contributed by atoms with E-state index in [-0.39, 0.29) is 22.4 Å². The van der Waals surface area contributed by atoms with Crippen LogP contribution < -0.4 is 5.32 Å². The second kappa shape index (κ2) is 8.42. The van der Waals surface area contributed by atoms with E-state index in [1.54, 1.807) is 0 Å². The van der Waals surface area contributed by atoms with Crippen molar-refractivity contribution in [2.75, 3.05) is 19.0 Å². The van der Waals surface area contributed by atoms with Crippen molar-refractivity contribution in [1.29, 1.82) is 0 Å². The zero-order chi connectivity index (χ0) is 22.8. The fourth-order valence-corrected chi connectivity index (χ4v) is 2.80. The van der Waals surface area contributed by atoms with E-state index in [0.717, 1.165) is 29.2 Å². The second-order valence-corrected chi connectivity index (χ2v) is 6.54. The number of hydrogen-bond donors (Lipinski definition) is 1. The van der Waals surface area contributed by atoms with Gasteiger partial charge >= 0.3 is 12.1 Å². The van der Waals surface area contributed by atoms with E-state index in [2.05, 4.69) is 5.32 Å². The number of rotatable bonds is 5. The molecule has 0 unspecified atom stereocenters. The lowest BCUT2D eigenvalue weighted by Crippen LogP contribution is -2.24. The second-order valence-electron chi connectivity index (χ2n) is 6.54. The number of halogens is 3. The maximum atomic E-state index is 12.7. The molecule has 7 nitrogen and oxygen atoms in total. The minimum Gasteiger partial charge on any atom is -0.452 e. The number of anilines is 1. The normalized spacial score (nSPS) is 13.5. The van der Waals surface area contributed by atoms with Gasteiger partial charge in [0.05, 0.1) is 16.7 Å². The number of fused-ring (bicyclic) bond motifs is 1. The lowest BCUT2D eigenvalue weighted by Gasteiger charge is -2.07. The number of benzene rings is 2. The van der Waals surface area contributed by atoms with E-state index < -0.39 is 42.0 Å². The van der Waals surface area contributed by atoms with E-state index in [4.69, 9.17) is 4.74 Å². The van der Waals surface area contributed by atoms with Gasteiger partial charge in [0.15, 0.2) is 6.61 Å². The summed E-state index contributed by atoms with van der Waals surface area (Å²) in [4.78, 5) is 48.5. The van der Waals surface area contributed by atoms with Crippen LogP contribution in [0.15, 0.2) is 48.5 Å². The van der Waals surface area contributed by atoms with Gasteiger partial charge in [-0.3, -0.25) is 19.3 Å². The highest BCUT2D eigenvalue weighted by atomic mass is 19.4. The Balaban J connectivity index is 1.55. The van der Waals surface area contributed by atoms with Gasteiger partial charge in [-0.05, 0) is 42.0 Å². The molecule has 0 saturated heterocycles. The zero-order valence-electron chi connectivity index (χ0n) is 16.0. The Hall–Kier alpha value is -3.95. The van der Waals surface area contributed by atoms with Gasteiger partial charge in [0, 0.05) is 18.8 Å². The van der Waals surface area contributed by atoms with Crippen LogP contribution in [0.1, 0.15) is 31.8 Å². The molecule has 1 N–H and O–H groups in total. The lowest BCUT2D eigenvalue weighted by molar-refractivity contribution is -0.142. The molecule has 3 amide bonds. The molecule has 10 heteroatoms. The minimum atomic E-state index is -4.51. The highest BCUT2D eigenvalue weighted by Gasteiger charge is 2.33. The van der Waals surface area contributed by atoms with Gasteiger partial charge < -0.3 is 10.1 Å². The predicted molar refractivity (Wildman–Crippen MR) is 103 cm³/mol. The number of carbonyl (C=O) groups is 4. The first-order valence-electron chi connectivity index (χ1n) is 8.84. The molecule has 0 bridgehead atoms. The molecule has 0 aliphatic carbocycles. The monoisotopic (exact) mass is 432 g/mol. The van der Waals surface area contributed by atoms with Gasteiger partial charge in [-0.1, -0.05) is 12.1 Å². The molecule has 3 rings (SSSR count). The molecule has 1 aliphatic rings. The van der Waals surface area contributed by atoms with E-state index in [1.807, 2.05) is 0 Å². The number of ether oxygens (including phenoxy) is 1. The summed E-state index contributed by atoms with van der Waals surface area (Å²) in [5.74, 6) is -2.57. The van der Waals surface area contributed by atoms with Crippen LogP contribution in [0.2, 0.25) is 0 Å². The number of amides is 3. The molecule has 0 aromatic heterocycles. The Morgan fingerprint density at radius 2 is 1.77 bits per heavy atom. The quantitative estimate of drug-likeness (QED) is 0.445. The van der Waals surface area contributed by atoms with Gasteiger partial charge in [0.1, 0.15) is 0 Å². The third kappa shape index (κ3) is 4.97. The molecule has 1 aliphatic heterocycles. The zero-order valence-corrected chi connectivity index (χ0v) is 16.0. The molecule has 0 radical (unpaired) electrons. The molecule has 0 saturated carbocycles. The average molecular weight is 432 g/mol. The Bertz CT molecular complexity index is 1110. The van der Waals surface area contributed by atoms with E-state index >= 15 is 0 Å². The van der Waals surface area contributed by atoms with Crippen LogP contribution >= 0.6 is 0 Å². The summed E-state index contributed by atoms with van der Waals surface area (Å²) in [5.41, 5.74) is -0.125. The smallest absolute Gasteiger partial charge is 0.416 e. The van der Waals surface area contributed by atoms with Crippen molar-refractivity contribution in [2.24, 2.45) is 0 Å². The van der Waals surface area contributed by atoms with Crippen LogP contribution in [0.25, 0.3) is 6.08 Å². The van der Waals surface area contributed by atoms with E-state index in [1.165, 1.54) is 37.4 Å². The highest BCUT2D eigenvalue weighted by Crippen LogP contribution is 2.29. The van der Waals surface area contributed by atoms with Gasteiger partial charge in [-0.15, -0.1) is 0 Å². The summed E-state index contributed by atoms with van der Waals surface area (Å²) in [6.07, 6.45) is -2.47. The fourth-order valence-electron chi connectivity index (χ4n) is 2.80. The third-order valence-electron chi connectivity index (χ3n) is 4.34. The summed E-state index contributed by atoms with van der Waals surface area (Å²) in [7, 11) is 1.34. The topological polar surface area (TPSA) is 92.8 Å². The van der Waals surface area contributed by atoms with Gasteiger partial charge in [-0.25, -0.2) is 4.79 Å². The summed E-state index contributed by atoms with van der Waals surface area (Å²) in [5, 5.41) is 2.43. The molecule has 0 fully saturated rings. The summed E-state index contributed by atoms with van der Waals surface area (Å²) in [6.45, 7) is -0.657. The number of nitrogens with one attached hydrogen (secondary N) is 1. The molecule has 160 valence electrons. The number of nitrogens with zero attached hydrogens (tertiary/aromatic N) is 1. The van der Waals surface area contributed by atoms with E-state index in [0.29, 0.717) is 0 Å². The SMILES string of the molecule is CN1C(=O)c2ccc(NC(=O)COC(=O)/C=C/c3cccc(C(F)(F)F)c3)cc2C1=O. The third-order valence-corrected chi connectivity index (χ3v) is 4.34. The first kappa shape index (κ1) is 21.8. The van der Waals surface area contributed by atoms with Gasteiger partial charge in [-0.2, -0.15) is 13.2 Å². The summed E-state index contributed by atoms with van der Waals surface area (Å²) >= 11 is 0. The Kier molecular flexibility index (Phi) is 5.91. The van der Waals surface area contributed by atoms with Crippen LogP contribution in [0.4, 0.5) is 18.9 Å². The van der Waals surface area contributed by atoms with Gasteiger partial charge in [0.2, 0.25) is 0 Å². The molecular weight excluding hydrogens is 417 g/mol. The summed E-state index contributed by atoms with van der Waals surface area (Å²) in [6, 6.07) is 8.52. The number of alkyl halides is 3. The Morgan fingerprint density at radius 1 is 1.06 bits per heavy atom. The van der Waals surface area contributed by atoms with Crippen LogP contribution in [0, 0.1) is 0 Å². The van der Waals surface area contributed by atoms with Crippen molar-refractivity contribution in [3.63, 3.8) is 0 Å². The molecule has 2 aromatic rings. The largest absolute Gasteiger partial charge is 0.452 e. The number of imide groups is 1. The van der Waals surface area contributed by atoms with Crippen molar-refractivity contribution >= 4 is 35.5 Å². The minimum absolute atomic E-state index is 0.138. The standard InChI is InChI=1S/C21H15F3N2O5/c1-26-19(29)15-7-6-14(10-16(15)20(26)30)25-17(27)11-31-18(28)8-5-12-3-2-4-13(9-12)21(22,23)24/h2-10H,11H2,1H3,(H,25,27)/b8-5+. The molecule has 31 heavy (non-hydrogen) atoms. The van der Waals surface area contributed by atoms with Crippen molar-refractivity contribution < 1.29 is 37.1 Å². The van der Waals surface area contributed by atoms with Crippen molar-refractivity contribution in [2.45, 2.75) is 6.18 Å². The van der Waals surface area contributed by atoms with Crippen LogP contribution in [0.5, 0.6) is 0 Å². The summed E-state index contributed by atoms with van der Waals surface area (Å²) < 4.78 is 42.8. The highest BCUT2D eigenvalue weighted by molar-refractivity contribution is 6.21. The van der Waals surface area contributed by atoms with Gasteiger partial charge in [0.25, 0.3) is 17.7 Å². The van der Waals surface area contributed by atoms with E-state index in [9.17, 15) is 32.3 Å². The predicted octanol–water partition coefficient (Wildman–Crippen LogP) is 3.13. The lowest BCUT2D eigenvalue weighted by atomic mass is 10.1. The molecule has 1 heterocycles. The Morgan fingerprint density at radius 3 is 2.48 bits per heavy atom. The molecular formula is C21H15F3N2O5. The van der Waals surface area contributed by atoms with Crippen molar-refractivity contribution in [1.82, 2.24) is 4.90 Å². The fraction of sp³-hybridized carbons (Fsp3) is 0.143. The first-order valence-corrected chi connectivity index (χ1v) is 8.84. The Labute approximate surface area is 174 Å². The first-order chi connectivity index (χ1) is 14.6. The molecule has 0 atom stereocenters. The van der Waals surface area contributed by atoms with Crippen LogP contribution in [-0.2, 0) is 20.5 Å². The number of carbonyl (C=O) groups excluding carboxylic acids is 4. The number of hydrogen-bond acceptors (Lipinski definition) is 5.